The molecule has 0 spiro atoms. The molecule has 0 aliphatic heterocycles. The molecule has 3 rings (SSSR count). The second-order valence-corrected chi connectivity index (χ2v) is 8.51. The fourth-order valence-electron chi connectivity index (χ4n) is 3.38. The number of nitrogens with zero attached hydrogens (tertiary/aromatic N) is 2. The number of hydrogen-bond acceptors (Lipinski definition) is 6. The fraction of sp³-hybridized carbons (Fsp3) is 0.435. The lowest BCUT2D eigenvalue weighted by atomic mass is 9.95. The van der Waals surface area contributed by atoms with Crippen LogP contribution in [0.15, 0.2) is 36.4 Å². The average Bonchev–Trinajstić information content (AvgIpc) is 2.69. The summed E-state index contributed by atoms with van der Waals surface area (Å²) in [6.07, 6.45) is 5.57. The zero-order valence-electron chi connectivity index (χ0n) is 17.8. The summed E-state index contributed by atoms with van der Waals surface area (Å²) < 4.78 is 5.25. The number of aromatic nitrogens is 1. The maximum Gasteiger partial charge on any atom is 0.412 e. The van der Waals surface area contributed by atoms with Crippen LogP contribution in [0.3, 0.4) is 0 Å². The molecule has 1 aliphatic rings. The van der Waals surface area contributed by atoms with E-state index in [0.29, 0.717) is 23.1 Å². The lowest BCUT2D eigenvalue weighted by Gasteiger charge is -2.23. The van der Waals surface area contributed by atoms with Gasteiger partial charge in [-0.3, -0.25) is 5.32 Å². The molecule has 158 valence electrons. The Bertz CT molecular complexity index is 907. The summed E-state index contributed by atoms with van der Waals surface area (Å²) in [5.41, 5.74) is 1.31. The normalized spacial score (nSPS) is 14.5. The van der Waals surface area contributed by atoms with E-state index in [9.17, 15) is 10.1 Å². The zero-order chi connectivity index (χ0) is 21.6. The molecular formula is C23H29N5O2. The van der Waals surface area contributed by atoms with Crippen LogP contribution in [-0.4, -0.2) is 22.7 Å². The molecule has 1 amide bonds. The molecular weight excluding hydrogens is 378 g/mol. The van der Waals surface area contributed by atoms with Gasteiger partial charge in [-0.1, -0.05) is 19.3 Å². The van der Waals surface area contributed by atoms with Gasteiger partial charge in [0.15, 0.2) is 5.82 Å². The molecule has 0 bridgehead atoms. The second kappa shape index (κ2) is 9.49. The number of ether oxygens (including phenoxy) is 1. The minimum atomic E-state index is -0.554. The SMILES string of the molecule is CC(C)(C)OC(=O)Nc1ccc(Nc2nc(NC3CCCCC3)ccc2C#N)cc1. The first-order chi connectivity index (χ1) is 14.3. The molecule has 0 radical (unpaired) electrons. The van der Waals surface area contributed by atoms with Gasteiger partial charge < -0.3 is 15.4 Å². The molecule has 1 aromatic carbocycles. The number of benzene rings is 1. The molecule has 7 heteroatoms. The predicted molar refractivity (Wildman–Crippen MR) is 119 cm³/mol. The van der Waals surface area contributed by atoms with Crippen LogP contribution in [0, 0.1) is 11.3 Å². The van der Waals surface area contributed by atoms with Gasteiger partial charge in [-0.15, -0.1) is 0 Å². The summed E-state index contributed by atoms with van der Waals surface area (Å²) >= 11 is 0. The van der Waals surface area contributed by atoms with Crippen LogP contribution in [0.25, 0.3) is 0 Å². The summed E-state index contributed by atoms with van der Waals surface area (Å²) in [5, 5.41) is 18.8. The summed E-state index contributed by atoms with van der Waals surface area (Å²) in [6, 6.07) is 13.4. The van der Waals surface area contributed by atoms with E-state index < -0.39 is 11.7 Å². The van der Waals surface area contributed by atoms with Crippen LogP contribution in [0.1, 0.15) is 58.4 Å². The summed E-state index contributed by atoms with van der Waals surface area (Å²) in [5.74, 6) is 1.28. The predicted octanol–water partition coefficient (Wildman–Crippen LogP) is 5.79. The summed E-state index contributed by atoms with van der Waals surface area (Å²) in [4.78, 5) is 16.5. The number of rotatable bonds is 5. The van der Waals surface area contributed by atoms with Gasteiger partial charge in [0.2, 0.25) is 0 Å². The summed E-state index contributed by atoms with van der Waals surface area (Å²) in [7, 11) is 0. The van der Waals surface area contributed by atoms with Gasteiger partial charge in [-0.05, 0) is 70.0 Å². The van der Waals surface area contributed by atoms with Crippen LogP contribution in [0.2, 0.25) is 0 Å². The monoisotopic (exact) mass is 407 g/mol. The van der Waals surface area contributed by atoms with Gasteiger partial charge in [0, 0.05) is 17.4 Å². The van der Waals surface area contributed by atoms with E-state index in [1.807, 2.05) is 39.0 Å². The lowest BCUT2D eigenvalue weighted by molar-refractivity contribution is 0.0636. The highest BCUT2D eigenvalue weighted by Gasteiger charge is 2.17. The van der Waals surface area contributed by atoms with Gasteiger partial charge >= 0.3 is 6.09 Å². The molecule has 0 unspecified atom stereocenters. The van der Waals surface area contributed by atoms with Crippen molar-refractivity contribution < 1.29 is 9.53 Å². The number of pyridine rings is 1. The Labute approximate surface area is 177 Å². The molecule has 1 fully saturated rings. The number of nitrogens with one attached hydrogen (secondary N) is 3. The van der Waals surface area contributed by atoms with Gasteiger partial charge in [0.05, 0.1) is 5.56 Å². The third-order valence-corrected chi connectivity index (χ3v) is 4.77. The minimum Gasteiger partial charge on any atom is -0.444 e. The van der Waals surface area contributed by atoms with Crippen LogP contribution in [0.4, 0.5) is 27.8 Å². The Kier molecular flexibility index (Phi) is 6.78. The molecule has 1 saturated carbocycles. The number of amides is 1. The van der Waals surface area contributed by atoms with Crippen molar-refractivity contribution in [3.05, 3.63) is 42.0 Å². The number of hydrogen-bond donors (Lipinski definition) is 3. The third kappa shape index (κ3) is 6.38. The summed E-state index contributed by atoms with van der Waals surface area (Å²) in [6.45, 7) is 5.45. The van der Waals surface area contributed by atoms with Crippen molar-refractivity contribution in [2.75, 3.05) is 16.0 Å². The lowest BCUT2D eigenvalue weighted by Crippen LogP contribution is -2.27. The molecule has 0 saturated heterocycles. The van der Waals surface area contributed by atoms with Crippen LogP contribution in [-0.2, 0) is 4.74 Å². The van der Waals surface area contributed by atoms with Crippen molar-refractivity contribution in [3.8, 4) is 6.07 Å². The highest BCUT2D eigenvalue weighted by Crippen LogP contribution is 2.25. The van der Waals surface area contributed by atoms with Gasteiger partial charge in [-0.2, -0.15) is 5.26 Å². The van der Waals surface area contributed by atoms with Crippen molar-refractivity contribution in [1.82, 2.24) is 4.98 Å². The molecule has 30 heavy (non-hydrogen) atoms. The molecule has 7 nitrogen and oxygen atoms in total. The van der Waals surface area contributed by atoms with E-state index >= 15 is 0 Å². The van der Waals surface area contributed by atoms with E-state index in [2.05, 4.69) is 27.0 Å². The average molecular weight is 408 g/mol. The molecule has 1 aromatic heterocycles. The van der Waals surface area contributed by atoms with Crippen molar-refractivity contribution >= 4 is 29.1 Å². The maximum absolute atomic E-state index is 11.9. The van der Waals surface area contributed by atoms with Crippen molar-refractivity contribution in [2.24, 2.45) is 0 Å². The molecule has 1 aliphatic carbocycles. The van der Waals surface area contributed by atoms with Gasteiger partial charge in [0.25, 0.3) is 0 Å². The largest absolute Gasteiger partial charge is 0.444 e. The van der Waals surface area contributed by atoms with E-state index in [4.69, 9.17) is 4.74 Å². The zero-order valence-corrected chi connectivity index (χ0v) is 17.8. The standard InChI is InChI=1S/C23H29N5O2/c1-23(2,3)30-22(29)27-19-12-10-18(11-13-19)26-21-16(15-24)9-14-20(28-21)25-17-7-5-4-6-8-17/h9-14,17H,4-8H2,1-3H3,(H,27,29)(H2,25,26,28). The Morgan fingerprint density at radius 3 is 2.37 bits per heavy atom. The highest BCUT2D eigenvalue weighted by molar-refractivity contribution is 5.85. The third-order valence-electron chi connectivity index (χ3n) is 4.77. The van der Waals surface area contributed by atoms with Crippen LogP contribution < -0.4 is 16.0 Å². The first kappa shape index (κ1) is 21.4. The van der Waals surface area contributed by atoms with Gasteiger partial charge in [0.1, 0.15) is 17.5 Å². The topological polar surface area (TPSA) is 99.1 Å². The highest BCUT2D eigenvalue weighted by atomic mass is 16.6. The minimum absolute atomic E-state index is 0.435. The van der Waals surface area contributed by atoms with E-state index in [1.165, 1.54) is 19.3 Å². The quantitative estimate of drug-likeness (QED) is 0.580. The van der Waals surface area contributed by atoms with Crippen molar-refractivity contribution in [2.45, 2.75) is 64.5 Å². The smallest absolute Gasteiger partial charge is 0.412 e. The Morgan fingerprint density at radius 2 is 1.73 bits per heavy atom. The Balaban J connectivity index is 1.66. The van der Waals surface area contributed by atoms with E-state index in [-0.39, 0.29) is 0 Å². The molecule has 3 N–H and O–H groups in total. The van der Waals surface area contributed by atoms with E-state index in [1.54, 1.807) is 18.2 Å². The number of anilines is 4. The fourth-order valence-corrected chi connectivity index (χ4v) is 3.38. The number of nitriles is 1. The van der Waals surface area contributed by atoms with E-state index in [0.717, 1.165) is 24.3 Å². The second-order valence-electron chi connectivity index (χ2n) is 8.51. The van der Waals surface area contributed by atoms with Crippen molar-refractivity contribution in [3.63, 3.8) is 0 Å². The first-order valence-corrected chi connectivity index (χ1v) is 10.4. The van der Waals surface area contributed by atoms with Gasteiger partial charge in [-0.25, -0.2) is 9.78 Å². The molecule has 1 heterocycles. The molecule has 0 atom stereocenters. The Hall–Kier alpha value is -3.27. The van der Waals surface area contributed by atoms with Crippen LogP contribution in [0.5, 0.6) is 0 Å². The van der Waals surface area contributed by atoms with Crippen molar-refractivity contribution in [1.29, 1.82) is 5.26 Å². The first-order valence-electron chi connectivity index (χ1n) is 10.4. The molecule has 2 aromatic rings. The number of carbonyl (C=O) groups excluding carboxylic acids is 1. The number of carbonyl (C=O) groups is 1. The Morgan fingerprint density at radius 1 is 1.07 bits per heavy atom. The maximum atomic E-state index is 11.9. The van der Waals surface area contributed by atoms with Crippen LogP contribution >= 0.6 is 0 Å².